The van der Waals surface area contributed by atoms with Gasteiger partial charge in [-0.1, -0.05) is 0 Å². The summed E-state index contributed by atoms with van der Waals surface area (Å²) in [6.45, 7) is 3.93. The van der Waals surface area contributed by atoms with Gasteiger partial charge in [0.2, 0.25) is 5.91 Å². The van der Waals surface area contributed by atoms with Crippen LogP contribution in [0.5, 0.6) is 0 Å². The lowest BCUT2D eigenvalue weighted by atomic mass is 10.2. The van der Waals surface area contributed by atoms with Crippen molar-refractivity contribution in [3.8, 4) is 0 Å². The van der Waals surface area contributed by atoms with Crippen LogP contribution in [0, 0.1) is 13.8 Å². The second kappa shape index (κ2) is 5.58. The number of hydrogen-bond donors (Lipinski definition) is 2. The summed E-state index contributed by atoms with van der Waals surface area (Å²) in [6, 6.07) is 2.99. The van der Waals surface area contributed by atoms with Gasteiger partial charge in [0.25, 0.3) is 0 Å². The van der Waals surface area contributed by atoms with Crippen LogP contribution in [0.2, 0.25) is 0 Å². The van der Waals surface area contributed by atoms with Gasteiger partial charge in [0, 0.05) is 12.8 Å². The highest BCUT2D eigenvalue weighted by Crippen LogP contribution is 2.12. The Morgan fingerprint density at radius 2 is 2.25 bits per heavy atom. The van der Waals surface area contributed by atoms with E-state index in [4.69, 9.17) is 10.5 Å². The number of carbonyl (C=O) groups is 1. The van der Waals surface area contributed by atoms with Crippen LogP contribution < -0.4 is 11.1 Å². The average molecular weight is 223 g/mol. The number of ether oxygens (including phenoxy) is 1. The number of nitrogens with one attached hydrogen (secondary N) is 1. The van der Waals surface area contributed by atoms with Gasteiger partial charge in [-0.2, -0.15) is 0 Å². The first kappa shape index (κ1) is 12.6. The average Bonchev–Trinajstić information content (AvgIpc) is 2.22. The van der Waals surface area contributed by atoms with Crippen LogP contribution in [0.3, 0.4) is 0 Å². The highest BCUT2D eigenvalue weighted by Gasteiger charge is 2.14. The molecule has 1 aromatic heterocycles. The molecular weight excluding hydrogens is 206 g/mol. The number of aromatic nitrogens is 1. The molecule has 0 bridgehead atoms. The molecule has 0 fully saturated rings. The molecule has 5 heteroatoms. The number of carbonyl (C=O) groups excluding carboxylic acids is 1. The number of pyridine rings is 1. The summed E-state index contributed by atoms with van der Waals surface area (Å²) in [5, 5.41) is 2.72. The van der Waals surface area contributed by atoms with E-state index in [1.54, 1.807) is 0 Å². The predicted octanol–water partition coefficient (Wildman–Crippen LogP) is 0.611. The molecule has 1 heterocycles. The smallest absolute Gasteiger partial charge is 0.243 e. The van der Waals surface area contributed by atoms with Crippen molar-refractivity contribution in [3.63, 3.8) is 0 Å². The van der Waals surface area contributed by atoms with Gasteiger partial charge < -0.3 is 15.8 Å². The molecule has 0 radical (unpaired) electrons. The number of nitrogens with two attached hydrogens (primary N) is 1. The lowest BCUT2D eigenvalue weighted by Crippen LogP contribution is -2.39. The normalized spacial score (nSPS) is 12.2. The Bertz CT molecular complexity index is 379. The Labute approximate surface area is 95.0 Å². The monoisotopic (exact) mass is 223 g/mol. The molecule has 0 aliphatic heterocycles. The number of hydrogen-bond acceptors (Lipinski definition) is 4. The number of methoxy groups -OCH3 is 1. The number of rotatable bonds is 4. The van der Waals surface area contributed by atoms with Gasteiger partial charge in [0.05, 0.1) is 18.0 Å². The zero-order valence-corrected chi connectivity index (χ0v) is 9.78. The van der Waals surface area contributed by atoms with Crippen molar-refractivity contribution in [1.29, 1.82) is 0 Å². The van der Waals surface area contributed by atoms with Crippen LogP contribution >= 0.6 is 0 Å². The molecule has 1 unspecified atom stereocenters. The van der Waals surface area contributed by atoms with Gasteiger partial charge in [-0.15, -0.1) is 0 Å². The Morgan fingerprint density at radius 1 is 1.56 bits per heavy atom. The molecule has 0 aromatic carbocycles. The lowest BCUT2D eigenvalue weighted by Gasteiger charge is -2.12. The van der Waals surface area contributed by atoms with Crippen LogP contribution in [0.1, 0.15) is 11.4 Å². The molecule has 1 amide bonds. The molecule has 88 valence electrons. The second-order valence-corrected chi connectivity index (χ2v) is 3.64. The number of nitrogens with zero attached hydrogens (tertiary/aromatic N) is 1. The highest BCUT2D eigenvalue weighted by molar-refractivity contribution is 5.95. The van der Waals surface area contributed by atoms with Crippen molar-refractivity contribution in [3.05, 3.63) is 23.5 Å². The summed E-state index contributed by atoms with van der Waals surface area (Å²) in [5.74, 6) is -0.268. The Balaban J connectivity index is 2.69. The Hall–Kier alpha value is -1.46. The minimum atomic E-state index is -0.661. The quantitative estimate of drug-likeness (QED) is 0.784. The SMILES string of the molecule is COCC(N)C(=O)Nc1ccc(C)nc1C. The van der Waals surface area contributed by atoms with Crippen LogP contribution in [0.25, 0.3) is 0 Å². The van der Waals surface area contributed by atoms with Gasteiger partial charge in [0.1, 0.15) is 6.04 Å². The third-order valence-corrected chi connectivity index (χ3v) is 2.17. The minimum absolute atomic E-state index is 0.199. The molecule has 3 N–H and O–H groups in total. The van der Waals surface area contributed by atoms with E-state index >= 15 is 0 Å². The zero-order chi connectivity index (χ0) is 12.1. The predicted molar refractivity (Wildman–Crippen MR) is 62.2 cm³/mol. The molecular formula is C11H17N3O2. The van der Waals surface area contributed by atoms with Gasteiger partial charge in [-0.25, -0.2) is 0 Å². The van der Waals surface area contributed by atoms with Crippen LogP contribution in [-0.4, -0.2) is 30.6 Å². The summed E-state index contributed by atoms with van der Waals surface area (Å²) in [5.41, 5.74) is 7.97. The van der Waals surface area contributed by atoms with E-state index in [-0.39, 0.29) is 12.5 Å². The maximum absolute atomic E-state index is 11.6. The van der Waals surface area contributed by atoms with Gasteiger partial charge in [0.15, 0.2) is 0 Å². The first-order chi connectivity index (χ1) is 7.54. The third-order valence-electron chi connectivity index (χ3n) is 2.17. The number of amides is 1. The summed E-state index contributed by atoms with van der Waals surface area (Å²) in [4.78, 5) is 15.8. The van der Waals surface area contributed by atoms with E-state index in [1.807, 2.05) is 26.0 Å². The molecule has 1 rings (SSSR count). The molecule has 16 heavy (non-hydrogen) atoms. The summed E-state index contributed by atoms with van der Waals surface area (Å²) >= 11 is 0. The summed E-state index contributed by atoms with van der Waals surface area (Å²) in [6.07, 6.45) is 0. The van der Waals surface area contributed by atoms with E-state index in [2.05, 4.69) is 10.3 Å². The second-order valence-electron chi connectivity index (χ2n) is 3.64. The van der Waals surface area contributed by atoms with Crippen molar-refractivity contribution in [2.24, 2.45) is 5.73 Å². The van der Waals surface area contributed by atoms with Crippen molar-refractivity contribution in [2.75, 3.05) is 19.0 Å². The molecule has 0 saturated carbocycles. The molecule has 5 nitrogen and oxygen atoms in total. The maximum Gasteiger partial charge on any atom is 0.243 e. The van der Waals surface area contributed by atoms with Crippen LogP contribution in [-0.2, 0) is 9.53 Å². The fourth-order valence-corrected chi connectivity index (χ4v) is 1.30. The standard InChI is InChI=1S/C11H17N3O2/c1-7-4-5-10(8(2)13-7)14-11(15)9(12)6-16-3/h4-5,9H,6,12H2,1-3H3,(H,14,15). The Morgan fingerprint density at radius 3 is 2.81 bits per heavy atom. The fraction of sp³-hybridized carbons (Fsp3) is 0.455. The summed E-state index contributed by atoms with van der Waals surface area (Å²) in [7, 11) is 1.51. The van der Waals surface area contributed by atoms with Crippen molar-refractivity contribution in [2.45, 2.75) is 19.9 Å². The molecule has 0 aliphatic carbocycles. The van der Waals surface area contributed by atoms with E-state index in [0.29, 0.717) is 5.69 Å². The molecule has 0 saturated heterocycles. The lowest BCUT2D eigenvalue weighted by molar-refractivity contribution is -0.118. The van der Waals surface area contributed by atoms with E-state index in [9.17, 15) is 4.79 Å². The molecule has 1 atom stereocenters. The number of aryl methyl sites for hydroxylation is 2. The van der Waals surface area contributed by atoms with E-state index in [0.717, 1.165) is 11.4 Å². The zero-order valence-electron chi connectivity index (χ0n) is 9.78. The Kier molecular flexibility index (Phi) is 4.39. The molecule has 1 aromatic rings. The van der Waals surface area contributed by atoms with Gasteiger partial charge >= 0.3 is 0 Å². The first-order valence-electron chi connectivity index (χ1n) is 5.04. The molecule has 0 aliphatic rings. The number of anilines is 1. The van der Waals surface area contributed by atoms with Crippen LogP contribution in [0.4, 0.5) is 5.69 Å². The molecule has 0 spiro atoms. The van der Waals surface area contributed by atoms with Gasteiger partial charge in [-0.05, 0) is 26.0 Å². The van der Waals surface area contributed by atoms with Gasteiger partial charge in [-0.3, -0.25) is 9.78 Å². The highest BCUT2D eigenvalue weighted by atomic mass is 16.5. The minimum Gasteiger partial charge on any atom is -0.383 e. The first-order valence-corrected chi connectivity index (χ1v) is 5.04. The van der Waals surface area contributed by atoms with E-state index < -0.39 is 6.04 Å². The summed E-state index contributed by atoms with van der Waals surface area (Å²) < 4.78 is 4.81. The van der Waals surface area contributed by atoms with Crippen molar-refractivity contribution >= 4 is 11.6 Å². The fourth-order valence-electron chi connectivity index (χ4n) is 1.30. The largest absolute Gasteiger partial charge is 0.383 e. The topological polar surface area (TPSA) is 77.2 Å². The third kappa shape index (κ3) is 3.29. The van der Waals surface area contributed by atoms with Crippen LogP contribution in [0.15, 0.2) is 12.1 Å². The van der Waals surface area contributed by atoms with Crippen molar-refractivity contribution in [1.82, 2.24) is 4.98 Å². The van der Waals surface area contributed by atoms with Crippen molar-refractivity contribution < 1.29 is 9.53 Å². The van der Waals surface area contributed by atoms with E-state index in [1.165, 1.54) is 7.11 Å². The maximum atomic E-state index is 11.6.